The quantitative estimate of drug-likeness (QED) is 0.732. The zero-order valence-electron chi connectivity index (χ0n) is 9.21. The minimum atomic E-state index is 0.158. The Morgan fingerprint density at radius 2 is 2.13 bits per heavy atom. The van der Waals surface area contributed by atoms with Crippen LogP contribution >= 0.6 is 0 Å². The highest BCUT2D eigenvalue weighted by Gasteiger charge is 2.19. The molecule has 0 aromatic heterocycles. The van der Waals surface area contributed by atoms with Gasteiger partial charge in [0, 0.05) is 19.1 Å². The van der Waals surface area contributed by atoms with E-state index in [-0.39, 0.29) is 12.5 Å². The Hall–Kier alpha value is -0.610. The molecule has 86 valence electrons. The lowest BCUT2D eigenvalue weighted by Gasteiger charge is -2.16. The van der Waals surface area contributed by atoms with Crippen molar-refractivity contribution >= 4 is 5.91 Å². The van der Waals surface area contributed by atoms with E-state index in [9.17, 15) is 4.79 Å². The Morgan fingerprint density at radius 1 is 1.33 bits per heavy atom. The van der Waals surface area contributed by atoms with E-state index in [0.717, 1.165) is 32.5 Å². The summed E-state index contributed by atoms with van der Waals surface area (Å²) in [5.41, 5.74) is 0. The third kappa shape index (κ3) is 3.18. The van der Waals surface area contributed by atoms with Gasteiger partial charge in [-0.05, 0) is 32.2 Å². The maximum atomic E-state index is 11.6. The number of nitrogens with zero attached hydrogens (tertiary/aromatic N) is 1. The second kappa shape index (κ2) is 5.47. The van der Waals surface area contributed by atoms with E-state index >= 15 is 0 Å². The standard InChI is InChI=1S/C11H20N2O2/c14-11(13-6-1-2-7-13)9-15-8-10-4-3-5-12-10/h10,12H,1-9H2/t10-/m0/s1. The molecule has 0 aromatic carbocycles. The lowest BCUT2D eigenvalue weighted by Crippen LogP contribution is -2.33. The maximum absolute atomic E-state index is 11.6. The zero-order chi connectivity index (χ0) is 10.5. The molecular weight excluding hydrogens is 192 g/mol. The molecule has 0 saturated carbocycles. The predicted molar refractivity (Wildman–Crippen MR) is 57.7 cm³/mol. The molecule has 2 saturated heterocycles. The normalized spacial score (nSPS) is 26.1. The Morgan fingerprint density at radius 3 is 2.80 bits per heavy atom. The van der Waals surface area contributed by atoms with Gasteiger partial charge < -0.3 is 15.0 Å². The molecule has 0 radical (unpaired) electrons. The van der Waals surface area contributed by atoms with Crippen molar-refractivity contribution in [1.82, 2.24) is 10.2 Å². The Bertz CT molecular complexity index is 209. The van der Waals surface area contributed by atoms with Gasteiger partial charge in [-0.1, -0.05) is 0 Å². The monoisotopic (exact) mass is 212 g/mol. The largest absolute Gasteiger partial charge is 0.370 e. The third-order valence-corrected chi connectivity index (χ3v) is 3.17. The molecule has 4 nitrogen and oxygen atoms in total. The van der Waals surface area contributed by atoms with Crippen LogP contribution < -0.4 is 5.32 Å². The smallest absolute Gasteiger partial charge is 0.248 e. The number of hydrogen-bond donors (Lipinski definition) is 1. The van der Waals surface area contributed by atoms with Crippen LogP contribution in [0, 0.1) is 0 Å². The number of ether oxygens (including phenoxy) is 1. The number of hydrogen-bond acceptors (Lipinski definition) is 3. The highest BCUT2D eigenvalue weighted by molar-refractivity contribution is 5.77. The SMILES string of the molecule is O=C(COC[C@@H]1CCCN1)N1CCCC1. The van der Waals surface area contributed by atoms with Gasteiger partial charge in [-0.3, -0.25) is 4.79 Å². The summed E-state index contributed by atoms with van der Waals surface area (Å²) in [6, 6.07) is 0.469. The van der Waals surface area contributed by atoms with Crippen LogP contribution in [0.4, 0.5) is 0 Å². The first-order valence-corrected chi connectivity index (χ1v) is 5.95. The molecule has 2 aliphatic heterocycles. The molecule has 1 amide bonds. The van der Waals surface area contributed by atoms with E-state index in [0.29, 0.717) is 12.6 Å². The fraction of sp³-hybridized carbons (Fsp3) is 0.909. The Labute approximate surface area is 91.0 Å². The van der Waals surface area contributed by atoms with Gasteiger partial charge >= 0.3 is 0 Å². The summed E-state index contributed by atoms with van der Waals surface area (Å²) in [6.45, 7) is 3.87. The van der Waals surface area contributed by atoms with E-state index in [1.54, 1.807) is 0 Å². The van der Waals surface area contributed by atoms with Gasteiger partial charge in [0.25, 0.3) is 0 Å². The maximum Gasteiger partial charge on any atom is 0.248 e. The first-order chi connectivity index (χ1) is 7.36. The summed E-state index contributed by atoms with van der Waals surface area (Å²) >= 11 is 0. The molecular formula is C11H20N2O2. The topological polar surface area (TPSA) is 41.6 Å². The van der Waals surface area contributed by atoms with Gasteiger partial charge in [-0.2, -0.15) is 0 Å². The first-order valence-electron chi connectivity index (χ1n) is 5.95. The second-order valence-electron chi connectivity index (χ2n) is 4.40. The number of carbonyl (C=O) groups excluding carboxylic acids is 1. The predicted octanol–water partition coefficient (Wildman–Crippen LogP) is 0.377. The van der Waals surface area contributed by atoms with Crippen molar-refractivity contribution in [2.75, 3.05) is 32.8 Å². The van der Waals surface area contributed by atoms with Crippen molar-refractivity contribution in [1.29, 1.82) is 0 Å². The van der Waals surface area contributed by atoms with Gasteiger partial charge in [0.15, 0.2) is 0 Å². The van der Waals surface area contributed by atoms with Crippen molar-refractivity contribution in [2.24, 2.45) is 0 Å². The molecule has 0 aromatic rings. The van der Waals surface area contributed by atoms with E-state index in [1.165, 1.54) is 12.8 Å². The van der Waals surface area contributed by atoms with Gasteiger partial charge in [0.1, 0.15) is 6.61 Å². The Kier molecular flexibility index (Phi) is 3.97. The first kappa shape index (κ1) is 10.9. The average Bonchev–Trinajstić information content (AvgIpc) is 2.90. The van der Waals surface area contributed by atoms with Gasteiger partial charge in [-0.25, -0.2) is 0 Å². The minimum absolute atomic E-state index is 0.158. The summed E-state index contributed by atoms with van der Waals surface area (Å²) in [5, 5.41) is 3.35. The summed E-state index contributed by atoms with van der Waals surface area (Å²) in [7, 11) is 0. The summed E-state index contributed by atoms with van der Waals surface area (Å²) in [5.74, 6) is 0.158. The molecule has 1 atom stereocenters. The van der Waals surface area contributed by atoms with Crippen LogP contribution in [0.3, 0.4) is 0 Å². The number of rotatable bonds is 4. The lowest BCUT2D eigenvalue weighted by atomic mass is 10.2. The number of carbonyl (C=O) groups is 1. The molecule has 2 heterocycles. The third-order valence-electron chi connectivity index (χ3n) is 3.17. The molecule has 2 aliphatic rings. The molecule has 0 bridgehead atoms. The summed E-state index contributed by atoms with van der Waals surface area (Å²) < 4.78 is 5.44. The number of likely N-dealkylation sites (tertiary alicyclic amines) is 1. The number of nitrogens with one attached hydrogen (secondary N) is 1. The summed E-state index contributed by atoms with van der Waals surface area (Å²) in [4.78, 5) is 13.5. The average molecular weight is 212 g/mol. The van der Waals surface area contributed by atoms with Crippen LogP contribution in [-0.4, -0.2) is 49.7 Å². The molecule has 2 rings (SSSR count). The van der Waals surface area contributed by atoms with E-state index in [1.807, 2.05) is 4.90 Å². The van der Waals surface area contributed by atoms with Crippen molar-refractivity contribution in [2.45, 2.75) is 31.7 Å². The van der Waals surface area contributed by atoms with Crippen molar-refractivity contribution in [3.8, 4) is 0 Å². The molecule has 15 heavy (non-hydrogen) atoms. The van der Waals surface area contributed by atoms with Gasteiger partial charge in [0.05, 0.1) is 6.61 Å². The zero-order valence-corrected chi connectivity index (χ0v) is 9.21. The van der Waals surface area contributed by atoms with Crippen LogP contribution in [0.1, 0.15) is 25.7 Å². The molecule has 0 aliphatic carbocycles. The fourth-order valence-electron chi connectivity index (χ4n) is 2.25. The van der Waals surface area contributed by atoms with Crippen molar-refractivity contribution < 1.29 is 9.53 Å². The Balaban J connectivity index is 1.58. The van der Waals surface area contributed by atoms with Gasteiger partial charge in [-0.15, -0.1) is 0 Å². The molecule has 0 spiro atoms. The number of amides is 1. The fourth-order valence-corrected chi connectivity index (χ4v) is 2.25. The highest BCUT2D eigenvalue weighted by Crippen LogP contribution is 2.08. The highest BCUT2D eigenvalue weighted by atomic mass is 16.5. The van der Waals surface area contributed by atoms with Crippen LogP contribution in [0.2, 0.25) is 0 Å². The van der Waals surface area contributed by atoms with Gasteiger partial charge in [0.2, 0.25) is 5.91 Å². The van der Waals surface area contributed by atoms with E-state index in [4.69, 9.17) is 4.74 Å². The van der Waals surface area contributed by atoms with Crippen LogP contribution in [-0.2, 0) is 9.53 Å². The van der Waals surface area contributed by atoms with Crippen LogP contribution in [0.15, 0.2) is 0 Å². The molecule has 0 unspecified atom stereocenters. The van der Waals surface area contributed by atoms with Crippen molar-refractivity contribution in [3.05, 3.63) is 0 Å². The molecule has 4 heteroatoms. The molecule has 2 fully saturated rings. The van der Waals surface area contributed by atoms with E-state index in [2.05, 4.69) is 5.32 Å². The van der Waals surface area contributed by atoms with Crippen molar-refractivity contribution in [3.63, 3.8) is 0 Å². The summed E-state index contributed by atoms with van der Waals surface area (Å²) in [6.07, 6.45) is 4.71. The second-order valence-corrected chi connectivity index (χ2v) is 4.40. The van der Waals surface area contributed by atoms with Crippen LogP contribution in [0.25, 0.3) is 0 Å². The van der Waals surface area contributed by atoms with Crippen LogP contribution in [0.5, 0.6) is 0 Å². The minimum Gasteiger partial charge on any atom is -0.370 e. The lowest BCUT2D eigenvalue weighted by molar-refractivity contribution is -0.135. The van der Waals surface area contributed by atoms with E-state index < -0.39 is 0 Å². The molecule has 1 N–H and O–H groups in total.